The van der Waals surface area contributed by atoms with Gasteiger partial charge in [-0.05, 0) is 19.1 Å². The van der Waals surface area contributed by atoms with Crippen LogP contribution in [0.15, 0.2) is 36.5 Å². The van der Waals surface area contributed by atoms with Crippen molar-refractivity contribution in [2.24, 2.45) is 0 Å². The van der Waals surface area contributed by atoms with E-state index in [-0.39, 0.29) is 6.61 Å². The number of ether oxygens (including phenoxy) is 1. The molecule has 1 heterocycles. The van der Waals surface area contributed by atoms with Crippen LogP contribution in [0.5, 0.6) is 0 Å². The molecule has 0 radical (unpaired) electrons. The molecule has 94 valence electrons. The van der Waals surface area contributed by atoms with Crippen LogP contribution in [0.3, 0.4) is 0 Å². The summed E-state index contributed by atoms with van der Waals surface area (Å²) in [6.07, 6.45) is 0.999. The number of esters is 1. The van der Waals surface area contributed by atoms with E-state index in [1.807, 2.05) is 0 Å². The van der Waals surface area contributed by atoms with Gasteiger partial charge in [-0.3, -0.25) is 4.98 Å². The molecule has 0 unspecified atom stereocenters. The standard InChI is InChI=1S/C13H11F2NO2/c1-2-18-12(17)13(14,15)10-7-9-5-3-4-6-11(9)16-8-10/h3-8H,2H2,1H3. The van der Waals surface area contributed by atoms with E-state index in [9.17, 15) is 13.6 Å². The molecule has 5 heteroatoms. The predicted octanol–water partition coefficient (Wildman–Crippen LogP) is 2.89. The van der Waals surface area contributed by atoms with Crippen LogP contribution in [0.25, 0.3) is 10.9 Å². The summed E-state index contributed by atoms with van der Waals surface area (Å²) in [6.45, 7) is 1.39. The fraction of sp³-hybridized carbons (Fsp3) is 0.231. The number of alkyl halides is 2. The lowest BCUT2D eigenvalue weighted by molar-refractivity contribution is -0.173. The van der Waals surface area contributed by atoms with Crippen LogP contribution in [-0.2, 0) is 15.5 Å². The van der Waals surface area contributed by atoms with E-state index < -0.39 is 17.5 Å². The fourth-order valence-electron chi connectivity index (χ4n) is 1.58. The number of fused-ring (bicyclic) bond motifs is 1. The molecule has 0 spiro atoms. The highest BCUT2D eigenvalue weighted by atomic mass is 19.3. The van der Waals surface area contributed by atoms with E-state index in [1.54, 1.807) is 24.3 Å². The van der Waals surface area contributed by atoms with E-state index in [1.165, 1.54) is 13.0 Å². The predicted molar refractivity (Wildman–Crippen MR) is 62.3 cm³/mol. The molecule has 0 N–H and O–H groups in total. The summed E-state index contributed by atoms with van der Waals surface area (Å²) in [7, 11) is 0. The van der Waals surface area contributed by atoms with Gasteiger partial charge in [0.25, 0.3) is 0 Å². The number of nitrogens with zero attached hydrogens (tertiary/aromatic N) is 1. The number of pyridine rings is 1. The monoisotopic (exact) mass is 251 g/mol. The molecule has 18 heavy (non-hydrogen) atoms. The Bertz CT molecular complexity index is 584. The molecule has 1 aromatic carbocycles. The van der Waals surface area contributed by atoms with Crippen LogP contribution >= 0.6 is 0 Å². The van der Waals surface area contributed by atoms with Gasteiger partial charge in [-0.2, -0.15) is 8.78 Å². The SMILES string of the molecule is CCOC(=O)C(F)(F)c1cnc2ccccc2c1. The van der Waals surface area contributed by atoms with Gasteiger partial charge in [-0.1, -0.05) is 18.2 Å². The number of rotatable bonds is 3. The van der Waals surface area contributed by atoms with Gasteiger partial charge in [0.05, 0.1) is 17.7 Å². The summed E-state index contributed by atoms with van der Waals surface area (Å²) in [4.78, 5) is 15.1. The highest BCUT2D eigenvalue weighted by molar-refractivity contribution is 5.83. The number of carbonyl (C=O) groups is 1. The maximum Gasteiger partial charge on any atom is 0.382 e. The van der Waals surface area contributed by atoms with Crippen LogP contribution in [-0.4, -0.2) is 17.6 Å². The first-order valence-corrected chi connectivity index (χ1v) is 5.46. The molecule has 3 nitrogen and oxygen atoms in total. The molecular formula is C13H11F2NO2. The third-order valence-electron chi connectivity index (χ3n) is 2.48. The molecule has 0 bridgehead atoms. The molecular weight excluding hydrogens is 240 g/mol. The zero-order valence-electron chi connectivity index (χ0n) is 9.69. The van der Waals surface area contributed by atoms with Gasteiger partial charge in [0, 0.05) is 11.6 Å². The minimum atomic E-state index is -3.67. The second kappa shape index (κ2) is 4.68. The molecule has 0 atom stereocenters. The molecule has 0 aliphatic rings. The van der Waals surface area contributed by atoms with Crippen LogP contribution in [0, 0.1) is 0 Å². The second-order valence-corrected chi connectivity index (χ2v) is 3.71. The highest BCUT2D eigenvalue weighted by Gasteiger charge is 2.43. The number of hydrogen-bond acceptors (Lipinski definition) is 3. The Morgan fingerprint density at radius 1 is 1.39 bits per heavy atom. The third kappa shape index (κ3) is 2.16. The Labute approximate surface area is 102 Å². The lowest BCUT2D eigenvalue weighted by Gasteiger charge is -2.14. The van der Waals surface area contributed by atoms with Gasteiger partial charge in [-0.15, -0.1) is 0 Å². The molecule has 1 aromatic heterocycles. The second-order valence-electron chi connectivity index (χ2n) is 3.71. The summed E-state index contributed by atoms with van der Waals surface area (Å²) >= 11 is 0. The lowest BCUT2D eigenvalue weighted by atomic mass is 10.1. The molecule has 0 amide bonds. The smallest absolute Gasteiger partial charge is 0.382 e. The van der Waals surface area contributed by atoms with Crippen molar-refractivity contribution in [2.45, 2.75) is 12.8 Å². The van der Waals surface area contributed by atoms with E-state index in [0.29, 0.717) is 10.9 Å². The lowest BCUT2D eigenvalue weighted by Crippen LogP contribution is -2.28. The number of benzene rings is 1. The van der Waals surface area contributed by atoms with Crippen molar-refractivity contribution in [1.29, 1.82) is 0 Å². The highest BCUT2D eigenvalue weighted by Crippen LogP contribution is 2.30. The molecule has 0 fully saturated rings. The van der Waals surface area contributed by atoms with Crippen LogP contribution in [0.4, 0.5) is 8.78 Å². The molecule has 0 saturated heterocycles. The molecule has 2 rings (SSSR count). The van der Waals surface area contributed by atoms with Crippen molar-refractivity contribution in [3.8, 4) is 0 Å². The molecule has 0 aliphatic heterocycles. The average molecular weight is 251 g/mol. The Morgan fingerprint density at radius 3 is 2.83 bits per heavy atom. The number of carbonyl (C=O) groups excluding carboxylic acids is 1. The first-order valence-electron chi connectivity index (χ1n) is 5.46. The van der Waals surface area contributed by atoms with Gasteiger partial charge in [-0.25, -0.2) is 4.79 Å². The van der Waals surface area contributed by atoms with E-state index in [2.05, 4.69) is 9.72 Å². The first-order chi connectivity index (χ1) is 8.55. The maximum atomic E-state index is 13.7. The van der Waals surface area contributed by atoms with Crippen molar-refractivity contribution < 1.29 is 18.3 Å². The van der Waals surface area contributed by atoms with Crippen molar-refractivity contribution in [1.82, 2.24) is 4.98 Å². The van der Waals surface area contributed by atoms with Crippen molar-refractivity contribution >= 4 is 16.9 Å². The minimum Gasteiger partial charge on any atom is -0.461 e. The largest absolute Gasteiger partial charge is 0.461 e. The van der Waals surface area contributed by atoms with Gasteiger partial charge >= 0.3 is 11.9 Å². The molecule has 2 aromatic rings. The third-order valence-corrected chi connectivity index (χ3v) is 2.48. The maximum absolute atomic E-state index is 13.7. The van der Waals surface area contributed by atoms with Crippen molar-refractivity contribution in [3.63, 3.8) is 0 Å². The molecule has 0 saturated carbocycles. The fourth-order valence-corrected chi connectivity index (χ4v) is 1.58. The summed E-state index contributed by atoms with van der Waals surface area (Å²) in [6, 6.07) is 8.10. The van der Waals surface area contributed by atoms with Crippen molar-refractivity contribution in [2.75, 3.05) is 6.61 Å². The summed E-state index contributed by atoms with van der Waals surface area (Å²) < 4.78 is 31.9. The van der Waals surface area contributed by atoms with Crippen molar-refractivity contribution in [3.05, 3.63) is 42.1 Å². The summed E-state index contributed by atoms with van der Waals surface area (Å²) in [5, 5.41) is 0.555. The first kappa shape index (κ1) is 12.4. The zero-order valence-corrected chi connectivity index (χ0v) is 9.69. The Morgan fingerprint density at radius 2 is 2.11 bits per heavy atom. The van der Waals surface area contributed by atoms with Gasteiger partial charge in [0.15, 0.2) is 0 Å². The molecule has 0 aliphatic carbocycles. The minimum absolute atomic E-state index is 0.0879. The van der Waals surface area contributed by atoms with Gasteiger partial charge in [0.2, 0.25) is 0 Å². The quantitative estimate of drug-likeness (QED) is 0.787. The number of para-hydroxylation sites is 1. The number of hydrogen-bond donors (Lipinski definition) is 0. The van der Waals surface area contributed by atoms with Crippen LogP contribution in [0.2, 0.25) is 0 Å². The topological polar surface area (TPSA) is 39.2 Å². The van der Waals surface area contributed by atoms with Gasteiger partial charge in [0.1, 0.15) is 0 Å². The van der Waals surface area contributed by atoms with E-state index in [0.717, 1.165) is 6.20 Å². The average Bonchev–Trinajstić information content (AvgIpc) is 2.38. The number of halogens is 2. The Hall–Kier alpha value is -2.04. The van der Waals surface area contributed by atoms with E-state index >= 15 is 0 Å². The van der Waals surface area contributed by atoms with Crippen LogP contribution < -0.4 is 0 Å². The number of aromatic nitrogens is 1. The Kier molecular flexibility index (Phi) is 3.23. The Balaban J connectivity index is 2.44. The summed E-state index contributed by atoms with van der Waals surface area (Å²) in [5.41, 5.74) is 0.139. The summed E-state index contributed by atoms with van der Waals surface area (Å²) in [5.74, 6) is -5.23. The normalized spacial score (nSPS) is 11.5. The zero-order chi connectivity index (χ0) is 13.2. The van der Waals surface area contributed by atoms with Gasteiger partial charge < -0.3 is 4.74 Å². The van der Waals surface area contributed by atoms with Crippen LogP contribution in [0.1, 0.15) is 12.5 Å². The van der Waals surface area contributed by atoms with E-state index in [4.69, 9.17) is 0 Å².